The molecule has 1 unspecified atom stereocenters. The van der Waals surface area contributed by atoms with Crippen molar-refractivity contribution in [3.8, 4) is 5.75 Å². The molecule has 0 radical (unpaired) electrons. The van der Waals surface area contributed by atoms with Gasteiger partial charge in [-0.2, -0.15) is 0 Å². The number of nitrogens with one attached hydrogen (secondary N) is 2. The fourth-order valence-corrected chi connectivity index (χ4v) is 2.00. The topological polar surface area (TPSA) is 50.4 Å². The van der Waals surface area contributed by atoms with E-state index in [0.29, 0.717) is 24.0 Å². The second kappa shape index (κ2) is 6.02. The Morgan fingerprint density at radius 1 is 1.58 bits per heavy atom. The van der Waals surface area contributed by atoms with Crippen molar-refractivity contribution in [3.63, 3.8) is 0 Å². The number of benzene rings is 1. The second-order valence-corrected chi connectivity index (χ2v) is 4.77. The molecule has 2 N–H and O–H groups in total. The number of rotatable bonds is 5. The molecule has 1 heterocycles. The van der Waals surface area contributed by atoms with Crippen molar-refractivity contribution in [1.82, 2.24) is 5.32 Å². The van der Waals surface area contributed by atoms with E-state index in [1.165, 1.54) is 18.2 Å². The predicted molar refractivity (Wildman–Crippen MR) is 71.7 cm³/mol. The van der Waals surface area contributed by atoms with Gasteiger partial charge in [0.2, 0.25) is 5.91 Å². The van der Waals surface area contributed by atoms with Crippen molar-refractivity contribution in [1.29, 1.82) is 0 Å². The molecule has 0 spiro atoms. The van der Waals surface area contributed by atoms with Gasteiger partial charge in [-0.1, -0.05) is 6.92 Å². The smallest absolute Gasteiger partial charge is 0.227 e. The summed E-state index contributed by atoms with van der Waals surface area (Å²) in [5.41, 5.74) is 0.521. The van der Waals surface area contributed by atoms with Crippen LogP contribution in [0.25, 0.3) is 0 Å². The molecule has 1 aromatic rings. The molecule has 0 saturated carbocycles. The number of ether oxygens (including phenoxy) is 1. The lowest BCUT2D eigenvalue weighted by molar-refractivity contribution is -0.121. The summed E-state index contributed by atoms with van der Waals surface area (Å²) in [5, 5.41) is 5.96. The normalized spacial score (nSPS) is 16.6. The quantitative estimate of drug-likeness (QED) is 0.857. The molecule has 1 amide bonds. The summed E-state index contributed by atoms with van der Waals surface area (Å²) in [6.45, 7) is 5.89. The molecular weight excluding hydrogens is 247 g/mol. The van der Waals surface area contributed by atoms with Crippen LogP contribution in [-0.4, -0.2) is 25.6 Å². The minimum atomic E-state index is -0.377. The van der Waals surface area contributed by atoms with Crippen molar-refractivity contribution in [2.24, 2.45) is 11.8 Å². The van der Waals surface area contributed by atoms with Gasteiger partial charge in [-0.25, -0.2) is 4.39 Å². The highest BCUT2D eigenvalue weighted by Gasteiger charge is 2.29. The fourth-order valence-electron chi connectivity index (χ4n) is 2.00. The van der Waals surface area contributed by atoms with Crippen molar-refractivity contribution in [3.05, 3.63) is 24.0 Å². The summed E-state index contributed by atoms with van der Waals surface area (Å²) in [6, 6.07) is 4.13. The zero-order chi connectivity index (χ0) is 13.8. The summed E-state index contributed by atoms with van der Waals surface area (Å²) in [4.78, 5) is 12.1. The number of anilines is 1. The third-order valence-corrected chi connectivity index (χ3v) is 3.44. The van der Waals surface area contributed by atoms with Gasteiger partial charge >= 0.3 is 0 Å². The predicted octanol–water partition coefficient (Wildman–Crippen LogP) is 2.02. The third-order valence-electron chi connectivity index (χ3n) is 3.44. The first-order valence-corrected chi connectivity index (χ1v) is 6.55. The van der Waals surface area contributed by atoms with Crippen LogP contribution in [0, 0.1) is 17.7 Å². The zero-order valence-corrected chi connectivity index (χ0v) is 11.2. The van der Waals surface area contributed by atoms with E-state index >= 15 is 0 Å². The van der Waals surface area contributed by atoms with Gasteiger partial charge in [-0.3, -0.25) is 4.79 Å². The third kappa shape index (κ3) is 3.23. The molecule has 0 aromatic heterocycles. The van der Waals surface area contributed by atoms with E-state index in [0.717, 1.165) is 13.1 Å². The van der Waals surface area contributed by atoms with E-state index in [1.807, 2.05) is 13.8 Å². The maximum Gasteiger partial charge on any atom is 0.227 e. The first kappa shape index (κ1) is 13.8. The summed E-state index contributed by atoms with van der Waals surface area (Å²) >= 11 is 0. The average Bonchev–Trinajstić information content (AvgIpc) is 2.30. The van der Waals surface area contributed by atoms with Crippen molar-refractivity contribution in [2.75, 3.05) is 25.0 Å². The summed E-state index contributed by atoms with van der Waals surface area (Å²) < 4.78 is 18.5. The lowest BCUT2D eigenvalue weighted by Crippen LogP contribution is -2.48. The molecule has 104 valence electrons. The number of hydrogen-bond acceptors (Lipinski definition) is 3. The van der Waals surface area contributed by atoms with Crippen LogP contribution in [0.5, 0.6) is 5.75 Å². The van der Waals surface area contributed by atoms with Crippen LogP contribution in [0.4, 0.5) is 10.1 Å². The van der Waals surface area contributed by atoms with Crippen LogP contribution < -0.4 is 15.4 Å². The molecule has 1 aromatic carbocycles. The molecule has 1 aliphatic heterocycles. The molecular formula is C14H19FN2O2. The first-order chi connectivity index (χ1) is 9.11. The Hall–Kier alpha value is -1.62. The summed E-state index contributed by atoms with van der Waals surface area (Å²) in [7, 11) is 0. The Labute approximate surface area is 112 Å². The van der Waals surface area contributed by atoms with Crippen LogP contribution in [-0.2, 0) is 4.79 Å². The van der Waals surface area contributed by atoms with Crippen LogP contribution in [0.3, 0.4) is 0 Å². The van der Waals surface area contributed by atoms with Gasteiger partial charge in [0, 0.05) is 12.0 Å². The highest BCUT2D eigenvalue weighted by Crippen LogP contribution is 2.27. The minimum Gasteiger partial charge on any atom is -0.492 e. The van der Waals surface area contributed by atoms with E-state index < -0.39 is 0 Å². The molecule has 1 aliphatic rings. The molecule has 19 heavy (non-hydrogen) atoms. The number of hydrogen-bond donors (Lipinski definition) is 2. The molecule has 1 saturated heterocycles. The number of carbonyl (C=O) groups excluding carboxylic acids is 1. The van der Waals surface area contributed by atoms with E-state index in [1.54, 1.807) is 0 Å². The molecule has 0 bridgehead atoms. The van der Waals surface area contributed by atoms with Crippen molar-refractivity contribution in [2.45, 2.75) is 13.8 Å². The van der Waals surface area contributed by atoms with Crippen LogP contribution in [0.15, 0.2) is 18.2 Å². The second-order valence-electron chi connectivity index (χ2n) is 4.77. The Morgan fingerprint density at radius 2 is 2.32 bits per heavy atom. The lowest BCUT2D eigenvalue weighted by Gasteiger charge is -2.31. The van der Waals surface area contributed by atoms with E-state index in [-0.39, 0.29) is 17.6 Å². The molecule has 2 rings (SSSR count). The number of carbonyl (C=O) groups is 1. The van der Waals surface area contributed by atoms with Gasteiger partial charge in [0.05, 0.1) is 12.3 Å². The number of halogens is 1. The maximum absolute atomic E-state index is 13.2. The van der Waals surface area contributed by atoms with Crippen molar-refractivity contribution >= 4 is 11.6 Å². The fraction of sp³-hybridized carbons (Fsp3) is 0.500. The van der Waals surface area contributed by atoms with Crippen LogP contribution in [0.1, 0.15) is 13.8 Å². The highest BCUT2D eigenvalue weighted by molar-refractivity contribution is 5.94. The SMILES string of the molecule is CCOc1cc(F)ccc1NC(=O)C(C)C1CNC1. The molecule has 1 fully saturated rings. The standard InChI is InChI=1S/C14H19FN2O2/c1-3-19-13-6-11(15)4-5-12(13)17-14(18)9(2)10-7-16-8-10/h4-6,9-10,16H,3,7-8H2,1-2H3,(H,17,18). The lowest BCUT2D eigenvalue weighted by atomic mass is 9.88. The maximum atomic E-state index is 13.2. The molecule has 1 atom stereocenters. The molecule has 0 aliphatic carbocycles. The van der Waals surface area contributed by atoms with E-state index in [9.17, 15) is 9.18 Å². The Morgan fingerprint density at radius 3 is 2.89 bits per heavy atom. The van der Waals surface area contributed by atoms with Gasteiger partial charge in [0.25, 0.3) is 0 Å². The summed E-state index contributed by atoms with van der Waals surface area (Å²) in [5.74, 6) is 0.239. The van der Waals surface area contributed by atoms with Gasteiger partial charge in [-0.15, -0.1) is 0 Å². The van der Waals surface area contributed by atoms with Gasteiger partial charge in [-0.05, 0) is 38.1 Å². The van der Waals surface area contributed by atoms with Gasteiger partial charge in [0.1, 0.15) is 11.6 Å². The Balaban J connectivity index is 2.06. The average molecular weight is 266 g/mol. The van der Waals surface area contributed by atoms with Crippen molar-refractivity contribution < 1.29 is 13.9 Å². The Kier molecular flexibility index (Phi) is 4.37. The number of amides is 1. The van der Waals surface area contributed by atoms with Crippen LogP contribution in [0.2, 0.25) is 0 Å². The van der Waals surface area contributed by atoms with Crippen LogP contribution >= 0.6 is 0 Å². The summed E-state index contributed by atoms with van der Waals surface area (Å²) in [6.07, 6.45) is 0. The van der Waals surface area contributed by atoms with Gasteiger partial charge in [0.15, 0.2) is 0 Å². The first-order valence-electron chi connectivity index (χ1n) is 6.55. The van der Waals surface area contributed by atoms with Gasteiger partial charge < -0.3 is 15.4 Å². The largest absolute Gasteiger partial charge is 0.492 e. The highest BCUT2D eigenvalue weighted by atomic mass is 19.1. The minimum absolute atomic E-state index is 0.0564. The molecule has 4 nitrogen and oxygen atoms in total. The zero-order valence-electron chi connectivity index (χ0n) is 11.2. The Bertz CT molecular complexity index is 461. The molecule has 5 heteroatoms. The monoisotopic (exact) mass is 266 g/mol. The van der Waals surface area contributed by atoms with E-state index in [4.69, 9.17) is 4.74 Å². The van der Waals surface area contributed by atoms with E-state index in [2.05, 4.69) is 10.6 Å².